The SMILES string of the molecule is NC(=O)c1cc(O)c(O)c(OCNC(=O)c2ccc(O)c(O)c2)c1. The number of phenols is 4. The van der Waals surface area contributed by atoms with E-state index >= 15 is 0 Å². The van der Waals surface area contributed by atoms with Crippen LogP contribution in [0, 0.1) is 0 Å². The number of ether oxygens (including phenoxy) is 1. The summed E-state index contributed by atoms with van der Waals surface area (Å²) in [5.74, 6) is -3.75. The van der Waals surface area contributed by atoms with E-state index in [0.717, 1.165) is 24.3 Å². The van der Waals surface area contributed by atoms with Crippen LogP contribution in [-0.2, 0) is 0 Å². The predicted molar refractivity (Wildman–Crippen MR) is 81.0 cm³/mol. The monoisotopic (exact) mass is 334 g/mol. The number of nitrogens with two attached hydrogens (primary N) is 1. The second-order valence-electron chi connectivity index (χ2n) is 4.70. The summed E-state index contributed by atoms with van der Waals surface area (Å²) in [6.07, 6.45) is 0. The minimum absolute atomic E-state index is 0.0619. The molecule has 0 aromatic heterocycles. The molecule has 9 heteroatoms. The van der Waals surface area contributed by atoms with Gasteiger partial charge in [0.05, 0.1) is 0 Å². The molecule has 0 radical (unpaired) electrons. The summed E-state index contributed by atoms with van der Waals surface area (Å²) >= 11 is 0. The summed E-state index contributed by atoms with van der Waals surface area (Å²) in [4.78, 5) is 23.0. The van der Waals surface area contributed by atoms with Gasteiger partial charge in [0.2, 0.25) is 11.7 Å². The van der Waals surface area contributed by atoms with E-state index in [2.05, 4.69) is 5.32 Å². The highest BCUT2D eigenvalue weighted by molar-refractivity contribution is 5.95. The first-order valence-corrected chi connectivity index (χ1v) is 6.58. The van der Waals surface area contributed by atoms with Gasteiger partial charge in [-0.3, -0.25) is 9.59 Å². The highest BCUT2D eigenvalue weighted by Crippen LogP contribution is 2.36. The largest absolute Gasteiger partial charge is 0.504 e. The molecule has 0 saturated heterocycles. The number of phenolic OH excluding ortho intramolecular Hbond substituents is 4. The molecule has 9 nitrogen and oxygen atoms in total. The highest BCUT2D eigenvalue weighted by atomic mass is 16.5. The molecule has 0 aliphatic heterocycles. The first-order chi connectivity index (χ1) is 11.3. The van der Waals surface area contributed by atoms with Crippen LogP contribution in [0.15, 0.2) is 30.3 Å². The van der Waals surface area contributed by atoms with Crippen molar-refractivity contribution in [1.29, 1.82) is 0 Å². The normalized spacial score (nSPS) is 10.2. The Bertz CT molecular complexity index is 805. The molecule has 0 spiro atoms. The highest BCUT2D eigenvalue weighted by Gasteiger charge is 2.14. The fourth-order valence-electron chi connectivity index (χ4n) is 1.79. The number of carbonyl (C=O) groups excluding carboxylic acids is 2. The van der Waals surface area contributed by atoms with Crippen LogP contribution in [0.2, 0.25) is 0 Å². The van der Waals surface area contributed by atoms with Gasteiger partial charge in [0.15, 0.2) is 29.7 Å². The van der Waals surface area contributed by atoms with Gasteiger partial charge in [0.1, 0.15) is 0 Å². The molecule has 0 aliphatic rings. The number of carbonyl (C=O) groups is 2. The van der Waals surface area contributed by atoms with E-state index in [1.807, 2.05) is 0 Å². The summed E-state index contributed by atoms with van der Waals surface area (Å²) in [5, 5.41) is 40.0. The average Bonchev–Trinajstić information content (AvgIpc) is 2.53. The predicted octanol–water partition coefficient (Wildman–Crippen LogP) is 0.374. The smallest absolute Gasteiger partial charge is 0.254 e. The van der Waals surface area contributed by atoms with Crippen LogP contribution in [0.25, 0.3) is 0 Å². The van der Waals surface area contributed by atoms with Crippen molar-refractivity contribution in [2.24, 2.45) is 5.73 Å². The molecule has 0 unspecified atom stereocenters. The lowest BCUT2D eigenvalue weighted by Gasteiger charge is -2.11. The third-order valence-electron chi connectivity index (χ3n) is 3.04. The second-order valence-corrected chi connectivity index (χ2v) is 4.70. The molecule has 24 heavy (non-hydrogen) atoms. The van der Waals surface area contributed by atoms with Crippen molar-refractivity contribution in [2.75, 3.05) is 6.73 Å². The van der Waals surface area contributed by atoms with Crippen molar-refractivity contribution >= 4 is 11.8 Å². The Morgan fingerprint density at radius 3 is 2.25 bits per heavy atom. The number of hydrogen-bond acceptors (Lipinski definition) is 7. The number of amides is 2. The molecule has 7 N–H and O–H groups in total. The standard InChI is InChI=1S/C15H14N2O7/c16-14(22)8-4-11(20)13(21)12(5-8)24-6-17-15(23)7-1-2-9(18)10(19)3-7/h1-5,18-21H,6H2,(H2,16,22)(H,17,23). The minimum Gasteiger partial charge on any atom is -0.504 e. The fraction of sp³-hybridized carbons (Fsp3) is 0.0667. The number of aromatic hydroxyl groups is 4. The van der Waals surface area contributed by atoms with Crippen LogP contribution in [0.3, 0.4) is 0 Å². The van der Waals surface area contributed by atoms with Crippen molar-refractivity contribution in [1.82, 2.24) is 5.32 Å². The van der Waals surface area contributed by atoms with E-state index in [9.17, 15) is 30.0 Å². The number of hydrogen-bond donors (Lipinski definition) is 6. The Kier molecular flexibility index (Phi) is 4.64. The van der Waals surface area contributed by atoms with Gasteiger partial charge in [-0.2, -0.15) is 0 Å². The zero-order valence-electron chi connectivity index (χ0n) is 12.2. The van der Waals surface area contributed by atoms with E-state index in [4.69, 9.17) is 10.5 Å². The van der Waals surface area contributed by atoms with Crippen LogP contribution in [0.4, 0.5) is 0 Å². The Labute approximate surface area is 135 Å². The molecule has 0 saturated carbocycles. The zero-order valence-corrected chi connectivity index (χ0v) is 12.2. The molecule has 2 amide bonds. The van der Waals surface area contributed by atoms with Gasteiger partial charge >= 0.3 is 0 Å². The van der Waals surface area contributed by atoms with Crippen LogP contribution in [-0.4, -0.2) is 39.0 Å². The summed E-state index contributed by atoms with van der Waals surface area (Å²) < 4.78 is 5.09. The Balaban J connectivity index is 2.05. The second kappa shape index (κ2) is 6.65. The molecule has 2 aromatic carbocycles. The van der Waals surface area contributed by atoms with Crippen LogP contribution < -0.4 is 15.8 Å². The Morgan fingerprint density at radius 1 is 0.958 bits per heavy atom. The zero-order chi connectivity index (χ0) is 17.9. The lowest BCUT2D eigenvalue weighted by molar-refractivity contribution is 0.0915. The molecule has 126 valence electrons. The van der Waals surface area contributed by atoms with Crippen LogP contribution >= 0.6 is 0 Å². The summed E-state index contributed by atoms with van der Waals surface area (Å²) in [7, 11) is 0. The van der Waals surface area contributed by atoms with Gasteiger partial charge in [-0.15, -0.1) is 0 Å². The first-order valence-electron chi connectivity index (χ1n) is 6.58. The lowest BCUT2D eigenvalue weighted by atomic mass is 10.2. The van der Waals surface area contributed by atoms with Gasteiger partial charge in [-0.05, 0) is 30.3 Å². The van der Waals surface area contributed by atoms with Crippen molar-refractivity contribution in [2.45, 2.75) is 0 Å². The first kappa shape index (κ1) is 16.7. The quantitative estimate of drug-likeness (QED) is 0.340. The van der Waals surface area contributed by atoms with Gasteiger partial charge in [-0.25, -0.2) is 0 Å². The van der Waals surface area contributed by atoms with Crippen LogP contribution in [0.1, 0.15) is 20.7 Å². The van der Waals surface area contributed by atoms with E-state index < -0.39 is 35.8 Å². The van der Waals surface area contributed by atoms with E-state index in [0.29, 0.717) is 0 Å². The maximum atomic E-state index is 11.9. The Morgan fingerprint density at radius 2 is 1.62 bits per heavy atom. The molecule has 2 aromatic rings. The molecule has 0 bridgehead atoms. The number of nitrogens with one attached hydrogen (secondary N) is 1. The minimum atomic E-state index is -0.834. The molecular weight excluding hydrogens is 320 g/mol. The fourth-order valence-corrected chi connectivity index (χ4v) is 1.79. The van der Waals surface area contributed by atoms with Gasteiger partial charge in [0, 0.05) is 11.1 Å². The van der Waals surface area contributed by atoms with E-state index in [-0.39, 0.29) is 22.6 Å². The molecular formula is C15H14N2O7. The molecule has 0 heterocycles. The number of benzene rings is 2. The van der Waals surface area contributed by atoms with E-state index in [1.54, 1.807) is 0 Å². The van der Waals surface area contributed by atoms with Crippen LogP contribution in [0.5, 0.6) is 28.7 Å². The summed E-state index contributed by atoms with van der Waals surface area (Å²) in [6.45, 7) is -0.407. The van der Waals surface area contributed by atoms with Gasteiger partial charge in [-0.1, -0.05) is 0 Å². The van der Waals surface area contributed by atoms with Crippen molar-refractivity contribution in [3.8, 4) is 28.7 Å². The molecule has 0 aliphatic carbocycles. The third-order valence-corrected chi connectivity index (χ3v) is 3.04. The number of rotatable bonds is 5. The molecule has 0 fully saturated rings. The summed E-state index contributed by atoms with van der Waals surface area (Å²) in [5.41, 5.74) is 5.05. The summed E-state index contributed by atoms with van der Waals surface area (Å²) in [6, 6.07) is 5.56. The average molecular weight is 334 g/mol. The topological polar surface area (TPSA) is 162 Å². The van der Waals surface area contributed by atoms with Crippen molar-refractivity contribution in [3.05, 3.63) is 41.5 Å². The van der Waals surface area contributed by atoms with Crippen molar-refractivity contribution in [3.63, 3.8) is 0 Å². The van der Waals surface area contributed by atoms with Gasteiger partial charge in [0.25, 0.3) is 5.91 Å². The molecule has 0 atom stereocenters. The third kappa shape index (κ3) is 3.58. The van der Waals surface area contributed by atoms with Gasteiger partial charge < -0.3 is 36.2 Å². The lowest BCUT2D eigenvalue weighted by Crippen LogP contribution is -2.27. The maximum Gasteiger partial charge on any atom is 0.254 e. The van der Waals surface area contributed by atoms with Crippen molar-refractivity contribution < 1.29 is 34.8 Å². The molecule has 2 rings (SSSR count). The van der Waals surface area contributed by atoms with E-state index in [1.165, 1.54) is 6.07 Å². The number of primary amides is 1. The Hall–Kier alpha value is -3.62. The maximum absolute atomic E-state index is 11.9.